The minimum atomic E-state index is -0.735. The molecule has 5 heteroatoms. The van der Waals surface area contributed by atoms with E-state index in [0.29, 0.717) is 0 Å². The van der Waals surface area contributed by atoms with Gasteiger partial charge in [-0.05, 0) is 11.6 Å². The summed E-state index contributed by atoms with van der Waals surface area (Å²) < 4.78 is 0. The molecule has 0 bridgehead atoms. The molecule has 12 heavy (non-hydrogen) atoms. The molecule has 0 aliphatic rings. The van der Waals surface area contributed by atoms with E-state index in [9.17, 15) is 4.79 Å². The van der Waals surface area contributed by atoms with E-state index in [-0.39, 0.29) is 16.1 Å². The predicted octanol–water partition coefficient (Wildman–Crippen LogP) is 1.99. The lowest BCUT2D eigenvalue weighted by Crippen LogP contribution is -1.95. The highest BCUT2D eigenvalue weighted by Crippen LogP contribution is 2.18. The molecule has 0 N–H and O–H groups in total. The van der Waals surface area contributed by atoms with E-state index in [1.165, 1.54) is 12.4 Å². The SMILES string of the molecule is N#Cc1c(Cl)cncc1C(=O)Cl. The van der Waals surface area contributed by atoms with Crippen LogP contribution < -0.4 is 0 Å². The summed E-state index contributed by atoms with van der Waals surface area (Å²) in [4.78, 5) is 14.3. The van der Waals surface area contributed by atoms with Crippen LogP contribution in [0.1, 0.15) is 15.9 Å². The molecule has 1 rings (SSSR count). The Kier molecular flexibility index (Phi) is 2.64. The maximum atomic E-state index is 10.7. The summed E-state index contributed by atoms with van der Waals surface area (Å²) in [5.74, 6) is 0. The maximum Gasteiger partial charge on any atom is 0.255 e. The molecule has 0 amide bonds. The van der Waals surface area contributed by atoms with Crippen molar-refractivity contribution in [3.05, 3.63) is 28.5 Å². The van der Waals surface area contributed by atoms with Gasteiger partial charge in [0, 0.05) is 12.4 Å². The van der Waals surface area contributed by atoms with Gasteiger partial charge in [-0.1, -0.05) is 11.6 Å². The minimum Gasteiger partial charge on any atom is -0.275 e. The van der Waals surface area contributed by atoms with Crippen molar-refractivity contribution < 1.29 is 4.79 Å². The van der Waals surface area contributed by atoms with Crippen LogP contribution in [0.3, 0.4) is 0 Å². The summed E-state index contributed by atoms with van der Waals surface area (Å²) >= 11 is 10.7. The van der Waals surface area contributed by atoms with Crippen molar-refractivity contribution in [2.75, 3.05) is 0 Å². The van der Waals surface area contributed by atoms with Gasteiger partial charge in [-0.25, -0.2) is 0 Å². The smallest absolute Gasteiger partial charge is 0.255 e. The Morgan fingerprint density at radius 3 is 2.67 bits per heavy atom. The van der Waals surface area contributed by atoms with Crippen molar-refractivity contribution in [1.29, 1.82) is 5.26 Å². The van der Waals surface area contributed by atoms with Gasteiger partial charge in [-0.2, -0.15) is 5.26 Å². The fourth-order valence-electron chi connectivity index (χ4n) is 0.698. The van der Waals surface area contributed by atoms with Gasteiger partial charge in [-0.3, -0.25) is 9.78 Å². The molecule has 0 saturated carbocycles. The van der Waals surface area contributed by atoms with E-state index in [4.69, 9.17) is 28.5 Å². The fourth-order valence-corrected chi connectivity index (χ4v) is 1.04. The zero-order valence-corrected chi connectivity index (χ0v) is 7.23. The minimum absolute atomic E-state index is 0.0340. The first-order valence-corrected chi connectivity index (χ1v) is 3.66. The zero-order chi connectivity index (χ0) is 9.14. The molecule has 0 aliphatic heterocycles. The lowest BCUT2D eigenvalue weighted by atomic mass is 10.2. The van der Waals surface area contributed by atoms with Gasteiger partial charge < -0.3 is 0 Å². The van der Waals surface area contributed by atoms with Crippen molar-refractivity contribution in [1.82, 2.24) is 4.98 Å². The normalized spacial score (nSPS) is 9.08. The van der Waals surface area contributed by atoms with Crippen LogP contribution in [-0.2, 0) is 0 Å². The van der Waals surface area contributed by atoms with Gasteiger partial charge in [-0.15, -0.1) is 0 Å². The Bertz CT molecular complexity index is 370. The van der Waals surface area contributed by atoms with Crippen LogP contribution in [0.5, 0.6) is 0 Å². The first kappa shape index (κ1) is 8.98. The van der Waals surface area contributed by atoms with Crippen LogP contribution in [0, 0.1) is 11.3 Å². The first-order valence-electron chi connectivity index (χ1n) is 2.90. The molecule has 0 radical (unpaired) electrons. The van der Waals surface area contributed by atoms with Crippen LogP contribution in [0.15, 0.2) is 12.4 Å². The molecule has 3 nitrogen and oxygen atoms in total. The third-order valence-electron chi connectivity index (χ3n) is 1.22. The Morgan fingerprint density at radius 2 is 2.25 bits per heavy atom. The maximum absolute atomic E-state index is 10.7. The van der Waals surface area contributed by atoms with Gasteiger partial charge in [0.05, 0.1) is 16.1 Å². The lowest BCUT2D eigenvalue weighted by molar-refractivity contribution is 0.108. The quantitative estimate of drug-likeness (QED) is 0.652. The molecule has 1 aromatic heterocycles. The number of carbonyl (C=O) groups is 1. The molecule has 0 fully saturated rings. The van der Waals surface area contributed by atoms with Crippen molar-refractivity contribution in [3.63, 3.8) is 0 Å². The second kappa shape index (κ2) is 3.53. The third kappa shape index (κ3) is 1.55. The number of aromatic nitrogens is 1. The average molecular weight is 201 g/mol. The number of nitriles is 1. The second-order valence-electron chi connectivity index (χ2n) is 1.93. The number of pyridine rings is 1. The van der Waals surface area contributed by atoms with E-state index >= 15 is 0 Å². The van der Waals surface area contributed by atoms with Crippen LogP contribution in [0.4, 0.5) is 0 Å². The van der Waals surface area contributed by atoms with E-state index in [2.05, 4.69) is 4.98 Å². The van der Waals surface area contributed by atoms with Crippen LogP contribution in [-0.4, -0.2) is 10.2 Å². The van der Waals surface area contributed by atoms with Gasteiger partial charge in [0.1, 0.15) is 6.07 Å². The van der Waals surface area contributed by atoms with Crippen molar-refractivity contribution in [2.24, 2.45) is 0 Å². The number of hydrogen-bond acceptors (Lipinski definition) is 3. The largest absolute Gasteiger partial charge is 0.275 e. The highest BCUT2D eigenvalue weighted by atomic mass is 35.5. The standard InChI is InChI=1S/C7H2Cl2N2O/c8-6-3-11-2-5(7(9)12)4(6)1-10/h2-3H. The van der Waals surface area contributed by atoms with E-state index in [1.54, 1.807) is 6.07 Å². The number of hydrogen-bond donors (Lipinski definition) is 0. The molecule has 0 saturated heterocycles. The zero-order valence-electron chi connectivity index (χ0n) is 5.71. The molecule has 0 aromatic carbocycles. The molecular formula is C7H2Cl2N2O. The van der Waals surface area contributed by atoms with E-state index < -0.39 is 5.24 Å². The average Bonchev–Trinajstić information content (AvgIpc) is 2.03. The summed E-state index contributed by atoms with van der Waals surface area (Å²) in [6.45, 7) is 0. The highest BCUT2D eigenvalue weighted by Gasteiger charge is 2.11. The van der Waals surface area contributed by atoms with Gasteiger partial charge >= 0.3 is 0 Å². The molecule has 0 atom stereocenters. The van der Waals surface area contributed by atoms with Crippen molar-refractivity contribution >= 4 is 28.4 Å². The number of rotatable bonds is 1. The number of halogens is 2. The Labute approximate surface area is 78.5 Å². The third-order valence-corrected chi connectivity index (χ3v) is 1.71. The molecule has 0 unspecified atom stereocenters. The highest BCUT2D eigenvalue weighted by molar-refractivity contribution is 6.68. The molecular weight excluding hydrogens is 199 g/mol. The Hall–Kier alpha value is -1.11. The monoisotopic (exact) mass is 200 g/mol. The summed E-state index contributed by atoms with van der Waals surface area (Å²) in [6, 6.07) is 1.77. The van der Waals surface area contributed by atoms with Crippen molar-refractivity contribution in [3.8, 4) is 6.07 Å². The van der Waals surface area contributed by atoms with E-state index in [0.717, 1.165) is 0 Å². The second-order valence-corrected chi connectivity index (χ2v) is 2.68. The molecule has 60 valence electrons. The van der Waals surface area contributed by atoms with Crippen molar-refractivity contribution in [2.45, 2.75) is 0 Å². The summed E-state index contributed by atoms with van der Waals surface area (Å²) in [6.07, 6.45) is 2.49. The van der Waals surface area contributed by atoms with E-state index in [1.807, 2.05) is 0 Å². The van der Waals surface area contributed by atoms with Gasteiger partial charge in [0.2, 0.25) is 0 Å². The summed E-state index contributed by atoms with van der Waals surface area (Å²) in [5, 5.41) is 7.97. The lowest BCUT2D eigenvalue weighted by Gasteiger charge is -1.97. The summed E-state index contributed by atoms with van der Waals surface area (Å²) in [5.41, 5.74) is 0.0957. The topological polar surface area (TPSA) is 53.8 Å². The van der Waals surface area contributed by atoms with Crippen LogP contribution in [0.25, 0.3) is 0 Å². The molecule has 1 aromatic rings. The number of nitrogens with zero attached hydrogens (tertiary/aromatic N) is 2. The molecule has 1 heterocycles. The molecule has 0 aliphatic carbocycles. The van der Waals surface area contributed by atoms with Crippen LogP contribution in [0.2, 0.25) is 5.02 Å². The first-order chi connectivity index (χ1) is 5.66. The predicted molar refractivity (Wildman–Crippen MR) is 44.1 cm³/mol. The number of carbonyl (C=O) groups excluding carboxylic acids is 1. The molecule has 0 spiro atoms. The Balaban J connectivity index is 3.40. The fraction of sp³-hybridized carbons (Fsp3) is 0. The Morgan fingerprint density at radius 1 is 1.58 bits per heavy atom. The summed E-state index contributed by atoms with van der Waals surface area (Å²) in [7, 11) is 0. The van der Waals surface area contributed by atoms with Gasteiger partial charge in [0.15, 0.2) is 0 Å². The van der Waals surface area contributed by atoms with Gasteiger partial charge in [0.25, 0.3) is 5.24 Å². The van der Waals surface area contributed by atoms with Crippen LogP contribution >= 0.6 is 23.2 Å².